The molecule has 1 fully saturated rings. The maximum absolute atomic E-state index is 12.1. The first-order valence-corrected chi connectivity index (χ1v) is 7.50. The van der Waals surface area contributed by atoms with Crippen molar-refractivity contribution in [3.05, 3.63) is 0 Å². The van der Waals surface area contributed by atoms with E-state index in [0.29, 0.717) is 32.6 Å². The number of hydrogen-bond acceptors (Lipinski definition) is 4. The third-order valence-electron chi connectivity index (χ3n) is 3.92. The SMILES string of the molecule is CCCCN(CCO)C(=O)NCC1(C(=O)O)CCOCC1. The van der Waals surface area contributed by atoms with Crippen LogP contribution in [0.15, 0.2) is 0 Å². The molecule has 7 heteroatoms. The Morgan fingerprint density at radius 3 is 2.48 bits per heavy atom. The van der Waals surface area contributed by atoms with Crippen LogP contribution in [0.2, 0.25) is 0 Å². The van der Waals surface area contributed by atoms with Gasteiger partial charge in [-0.05, 0) is 19.3 Å². The van der Waals surface area contributed by atoms with Gasteiger partial charge in [-0.15, -0.1) is 0 Å². The molecule has 122 valence electrons. The van der Waals surface area contributed by atoms with Crippen molar-refractivity contribution in [3.63, 3.8) is 0 Å². The lowest BCUT2D eigenvalue weighted by Gasteiger charge is -2.34. The van der Waals surface area contributed by atoms with Gasteiger partial charge in [0, 0.05) is 32.8 Å². The van der Waals surface area contributed by atoms with Gasteiger partial charge in [0.1, 0.15) is 0 Å². The first-order valence-electron chi connectivity index (χ1n) is 7.50. The fourth-order valence-corrected chi connectivity index (χ4v) is 2.37. The number of ether oxygens (including phenoxy) is 1. The molecule has 0 saturated carbocycles. The molecule has 0 aromatic rings. The summed E-state index contributed by atoms with van der Waals surface area (Å²) in [6.45, 7) is 3.64. The molecule has 1 heterocycles. The molecule has 21 heavy (non-hydrogen) atoms. The Hall–Kier alpha value is -1.34. The highest BCUT2D eigenvalue weighted by Gasteiger charge is 2.40. The van der Waals surface area contributed by atoms with Crippen LogP contribution in [0.5, 0.6) is 0 Å². The maximum atomic E-state index is 12.1. The second-order valence-corrected chi connectivity index (χ2v) is 5.42. The highest BCUT2D eigenvalue weighted by atomic mass is 16.5. The standard InChI is InChI=1S/C14H26N2O5/c1-2-3-6-16(7-8-17)13(20)15-11-14(12(18)19)4-9-21-10-5-14/h17H,2-11H2,1H3,(H,15,20)(H,18,19). The van der Waals surface area contributed by atoms with Gasteiger partial charge in [0.05, 0.1) is 12.0 Å². The summed E-state index contributed by atoms with van der Waals surface area (Å²) in [4.78, 5) is 25.1. The van der Waals surface area contributed by atoms with E-state index in [9.17, 15) is 14.7 Å². The summed E-state index contributed by atoms with van der Waals surface area (Å²) in [7, 11) is 0. The number of unbranched alkanes of at least 4 members (excludes halogenated alkanes) is 1. The molecule has 2 amide bonds. The van der Waals surface area contributed by atoms with Gasteiger partial charge in [-0.3, -0.25) is 4.79 Å². The van der Waals surface area contributed by atoms with Crippen molar-refractivity contribution in [1.82, 2.24) is 10.2 Å². The Balaban J connectivity index is 2.56. The molecule has 1 rings (SSSR count). The van der Waals surface area contributed by atoms with Crippen LogP contribution < -0.4 is 5.32 Å². The summed E-state index contributed by atoms with van der Waals surface area (Å²) in [6, 6.07) is -0.315. The first-order chi connectivity index (χ1) is 10.1. The smallest absolute Gasteiger partial charge is 0.317 e. The van der Waals surface area contributed by atoms with Gasteiger partial charge < -0.3 is 25.2 Å². The number of nitrogens with one attached hydrogen (secondary N) is 1. The number of rotatable bonds is 8. The van der Waals surface area contributed by atoms with E-state index in [0.717, 1.165) is 12.8 Å². The minimum Gasteiger partial charge on any atom is -0.481 e. The number of aliphatic hydroxyl groups excluding tert-OH is 1. The molecule has 1 saturated heterocycles. The van der Waals surface area contributed by atoms with Gasteiger partial charge in [-0.25, -0.2) is 4.79 Å². The number of carboxylic acids is 1. The number of nitrogens with zero attached hydrogens (tertiary/aromatic N) is 1. The van der Waals surface area contributed by atoms with E-state index < -0.39 is 11.4 Å². The second kappa shape index (κ2) is 8.84. The van der Waals surface area contributed by atoms with Crippen molar-refractivity contribution in [2.24, 2.45) is 5.41 Å². The van der Waals surface area contributed by atoms with Crippen LogP contribution in [0.1, 0.15) is 32.6 Å². The van der Waals surface area contributed by atoms with Gasteiger partial charge in [0.2, 0.25) is 0 Å². The predicted octanol–water partition coefficient (Wildman–Crippen LogP) is 0.672. The third-order valence-corrected chi connectivity index (χ3v) is 3.92. The first kappa shape index (κ1) is 17.7. The molecule has 1 aliphatic rings. The number of amides is 2. The zero-order chi connectivity index (χ0) is 15.7. The summed E-state index contributed by atoms with van der Waals surface area (Å²) in [5, 5.41) is 21.1. The Morgan fingerprint density at radius 2 is 1.95 bits per heavy atom. The molecular weight excluding hydrogens is 276 g/mol. The summed E-state index contributed by atoms with van der Waals surface area (Å²) in [5.74, 6) is -0.895. The third kappa shape index (κ3) is 5.17. The number of hydrogen-bond donors (Lipinski definition) is 3. The molecule has 0 unspecified atom stereocenters. The summed E-state index contributed by atoms with van der Waals surface area (Å²) < 4.78 is 5.20. The second-order valence-electron chi connectivity index (χ2n) is 5.42. The molecule has 0 aromatic heterocycles. The van der Waals surface area contributed by atoms with Gasteiger partial charge in [-0.1, -0.05) is 13.3 Å². The minimum absolute atomic E-state index is 0.0958. The zero-order valence-electron chi connectivity index (χ0n) is 12.6. The summed E-state index contributed by atoms with van der Waals surface area (Å²) in [6.07, 6.45) is 2.60. The van der Waals surface area contributed by atoms with Crippen LogP contribution in [-0.2, 0) is 9.53 Å². The average molecular weight is 302 g/mol. The van der Waals surface area contributed by atoms with E-state index >= 15 is 0 Å². The van der Waals surface area contributed by atoms with Crippen molar-refractivity contribution < 1.29 is 24.5 Å². The van der Waals surface area contributed by atoms with E-state index in [-0.39, 0.29) is 25.7 Å². The van der Waals surface area contributed by atoms with Gasteiger partial charge in [0.15, 0.2) is 0 Å². The predicted molar refractivity (Wildman–Crippen MR) is 77.1 cm³/mol. The number of carboxylic acid groups (broad SMARTS) is 1. The topological polar surface area (TPSA) is 99.1 Å². The van der Waals surface area contributed by atoms with Crippen molar-refractivity contribution >= 4 is 12.0 Å². The average Bonchev–Trinajstić information content (AvgIpc) is 2.49. The van der Waals surface area contributed by atoms with Crippen LogP contribution in [0.4, 0.5) is 4.79 Å². The van der Waals surface area contributed by atoms with Gasteiger partial charge >= 0.3 is 12.0 Å². The van der Waals surface area contributed by atoms with Crippen molar-refractivity contribution in [2.75, 3.05) is 39.5 Å². The molecule has 0 bridgehead atoms. The molecule has 3 N–H and O–H groups in total. The number of carbonyl (C=O) groups excluding carboxylic acids is 1. The normalized spacial score (nSPS) is 17.2. The fourth-order valence-electron chi connectivity index (χ4n) is 2.37. The minimum atomic E-state index is -0.941. The van der Waals surface area contributed by atoms with Crippen molar-refractivity contribution in [2.45, 2.75) is 32.6 Å². The van der Waals surface area contributed by atoms with Crippen LogP contribution in [0, 0.1) is 5.41 Å². The van der Waals surface area contributed by atoms with Crippen LogP contribution in [-0.4, -0.2) is 66.6 Å². The van der Waals surface area contributed by atoms with E-state index in [1.807, 2.05) is 6.92 Å². The van der Waals surface area contributed by atoms with Crippen molar-refractivity contribution in [1.29, 1.82) is 0 Å². The van der Waals surface area contributed by atoms with E-state index in [1.54, 1.807) is 0 Å². The van der Waals surface area contributed by atoms with Crippen LogP contribution >= 0.6 is 0 Å². The molecule has 0 radical (unpaired) electrons. The Labute approximate surface area is 125 Å². The van der Waals surface area contributed by atoms with E-state index in [4.69, 9.17) is 9.84 Å². The number of carbonyl (C=O) groups is 2. The Bertz CT molecular complexity index is 342. The lowest BCUT2D eigenvalue weighted by atomic mass is 9.80. The largest absolute Gasteiger partial charge is 0.481 e. The number of urea groups is 1. The molecule has 0 aromatic carbocycles. The number of aliphatic hydroxyl groups is 1. The summed E-state index contributed by atoms with van der Waals surface area (Å²) >= 11 is 0. The summed E-state index contributed by atoms with van der Waals surface area (Å²) in [5.41, 5.74) is -0.941. The highest BCUT2D eigenvalue weighted by Crippen LogP contribution is 2.30. The van der Waals surface area contributed by atoms with Gasteiger partial charge in [0.25, 0.3) is 0 Å². The van der Waals surface area contributed by atoms with Crippen LogP contribution in [0.3, 0.4) is 0 Å². The molecule has 0 atom stereocenters. The zero-order valence-corrected chi connectivity index (χ0v) is 12.6. The molecular formula is C14H26N2O5. The Morgan fingerprint density at radius 1 is 1.29 bits per heavy atom. The lowest BCUT2D eigenvalue weighted by Crippen LogP contribution is -2.50. The molecule has 0 spiro atoms. The monoisotopic (exact) mass is 302 g/mol. The highest BCUT2D eigenvalue weighted by molar-refractivity contribution is 5.78. The van der Waals surface area contributed by atoms with Gasteiger partial charge in [-0.2, -0.15) is 0 Å². The number of aliphatic carboxylic acids is 1. The molecule has 1 aliphatic heterocycles. The quantitative estimate of drug-likeness (QED) is 0.612. The fraction of sp³-hybridized carbons (Fsp3) is 0.857. The Kier molecular flexibility index (Phi) is 7.45. The van der Waals surface area contributed by atoms with Crippen LogP contribution in [0.25, 0.3) is 0 Å². The van der Waals surface area contributed by atoms with E-state index in [1.165, 1.54) is 4.90 Å². The van der Waals surface area contributed by atoms with Crippen molar-refractivity contribution in [3.8, 4) is 0 Å². The van der Waals surface area contributed by atoms with E-state index in [2.05, 4.69) is 5.32 Å². The maximum Gasteiger partial charge on any atom is 0.317 e. The molecule has 0 aliphatic carbocycles. The lowest BCUT2D eigenvalue weighted by molar-refractivity contribution is -0.154. The molecule has 7 nitrogen and oxygen atoms in total.